The lowest BCUT2D eigenvalue weighted by Crippen LogP contribution is -3.08. The lowest BCUT2D eigenvalue weighted by Gasteiger charge is -2.19. The van der Waals surface area contributed by atoms with Crippen molar-refractivity contribution in [3.05, 3.63) is 23.8 Å². The van der Waals surface area contributed by atoms with Crippen molar-refractivity contribution in [2.45, 2.75) is 13.5 Å². The van der Waals surface area contributed by atoms with Crippen molar-refractivity contribution in [1.82, 2.24) is 10.2 Å². The van der Waals surface area contributed by atoms with Crippen LogP contribution in [-0.4, -0.2) is 64.7 Å². The van der Waals surface area contributed by atoms with Crippen LogP contribution in [0.1, 0.15) is 12.5 Å². The maximum absolute atomic E-state index is 12.1. The van der Waals surface area contributed by atoms with Crippen LogP contribution in [0.25, 0.3) is 0 Å². The zero-order chi connectivity index (χ0) is 18.1. The monoisotopic (exact) mass is 338 g/mol. The van der Waals surface area contributed by atoms with E-state index in [1.165, 1.54) is 4.90 Å². The van der Waals surface area contributed by atoms with Crippen molar-refractivity contribution >= 4 is 11.8 Å². The lowest BCUT2D eigenvalue weighted by atomic mass is 10.2. The van der Waals surface area contributed by atoms with E-state index in [1.807, 2.05) is 32.2 Å². The van der Waals surface area contributed by atoms with Crippen molar-refractivity contribution in [3.8, 4) is 11.5 Å². The second kappa shape index (κ2) is 9.77. The number of quaternary nitrogens is 1. The molecule has 24 heavy (non-hydrogen) atoms. The van der Waals surface area contributed by atoms with Gasteiger partial charge in [-0.3, -0.25) is 9.59 Å². The molecule has 0 heterocycles. The second-order valence-corrected chi connectivity index (χ2v) is 5.65. The molecule has 0 saturated heterocycles. The molecule has 2 N–H and O–H groups in total. The van der Waals surface area contributed by atoms with Gasteiger partial charge < -0.3 is 24.6 Å². The number of carbonyl (C=O) groups excluding carboxylic acids is 2. The van der Waals surface area contributed by atoms with Gasteiger partial charge in [0.15, 0.2) is 18.0 Å². The van der Waals surface area contributed by atoms with Crippen LogP contribution in [-0.2, 0) is 16.1 Å². The smallest absolute Gasteiger partial charge is 0.277 e. The topological polar surface area (TPSA) is 72.3 Å². The quantitative estimate of drug-likeness (QED) is 0.625. The largest absolute Gasteiger partial charge is 0.493 e. The van der Waals surface area contributed by atoms with E-state index in [9.17, 15) is 9.59 Å². The Balaban J connectivity index is 2.62. The van der Waals surface area contributed by atoms with E-state index in [-0.39, 0.29) is 18.4 Å². The Hall–Kier alpha value is -2.28. The summed E-state index contributed by atoms with van der Waals surface area (Å²) in [6.07, 6.45) is 0. The van der Waals surface area contributed by atoms with E-state index >= 15 is 0 Å². The molecule has 0 spiro atoms. The number of hydrogen-bond donors (Lipinski definition) is 2. The molecular formula is C17H28N3O4+. The molecule has 0 aliphatic carbocycles. The molecule has 0 aromatic heterocycles. The van der Waals surface area contributed by atoms with Gasteiger partial charge in [0.1, 0.15) is 6.54 Å². The van der Waals surface area contributed by atoms with E-state index in [2.05, 4.69) is 5.32 Å². The van der Waals surface area contributed by atoms with Crippen molar-refractivity contribution in [2.75, 3.05) is 47.9 Å². The van der Waals surface area contributed by atoms with Gasteiger partial charge in [-0.05, 0) is 25.1 Å². The highest BCUT2D eigenvalue weighted by atomic mass is 16.5. The van der Waals surface area contributed by atoms with E-state index in [0.717, 1.165) is 10.5 Å². The number of likely N-dealkylation sites (N-methyl/N-ethyl adjacent to an activating group) is 3. The molecular weight excluding hydrogens is 310 g/mol. The summed E-state index contributed by atoms with van der Waals surface area (Å²) >= 11 is 0. The third-order valence-electron chi connectivity index (χ3n) is 3.57. The van der Waals surface area contributed by atoms with Crippen LogP contribution < -0.4 is 19.7 Å². The third kappa shape index (κ3) is 6.08. The molecule has 0 radical (unpaired) electrons. The number of ether oxygens (including phenoxy) is 2. The van der Waals surface area contributed by atoms with E-state index < -0.39 is 0 Å². The summed E-state index contributed by atoms with van der Waals surface area (Å²) in [5, 5.41) is 2.51. The number of methoxy groups -OCH3 is 1. The Kier molecular flexibility index (Phi) is 8.05. The van der Waals surface area contributed by atoms with Gasteiger partial charge in [0.25, 0.3) is 5.91 Å². The zero-order valence-corrected chi connectivity index (χ0v) is 15.1. The third-order valence-corrected chi connectivity index (χ3v) is 3.57. The minimum atomic E-state index is -0.181. The van der Waals surface area contributed by atoms with Crippen molar-refractivity contribution in [2.24, 2.45) is 0 Å². The Labute approximate surface area is 143 Å². The first kappa shape index (κ1) is 19.8. The molecule has 0 aliphatic heterocycles. The van der Waals surface area contributed by atoms with Crippen LogP contribution in [0.15, 0.2) is 18.2 Å². The van der Waals surface area contributed by atoms with Gasteiger partial charge in [0.2, 0.25) is 5.91 Å². The van der Waals surface area contributed by atoms with Crippen LogP contribution in [0.4, 0.5) is 0 Å². The highest BCUT2D eigenvalue weighted by Gasteiger charge is 2.17. The fourth-order valence-corrected chi connectivity index (χ4v) is 2.28. The highest BCUT2D eigenvalue weighted by molar-refractivity contribution is 5.84. The molecule has 0 saturated carbocycles. The fourth-order valence-electron chi connectivity index (χ4n) is 2.28. The number of hydrogen-bond acceptors (Lipinski definition) is 4. The number of benzene rings is 1. The van der Waals surface area contributed by atoms with Gasteiger partial charge in [0, 0.05) is 19.7 Å². The molecule has 0 bridgehead atoms. The first-order valence-corrected chi connectivity index (χ1v) is 7.96. The molecule has 1 rings (SSSR count). The molecule has 2 amide bonds. The fraction of sp³-hybridized carbons (Fsp3) is 0.529. The zero-order valence-electron chi connectivity index (χ0n) is 15.1. The van der Waals surface area contributed by atoms with E-state index in [4.69, 9.17) is 9.47 Å². The summed E-state index contributed by atoms with van der Waals surface area (Å²) in [7, 11) is 6.73. The molecule has 1 aromatic carbocycles. The standard InChI is InChI=1S/C17H27N3O4/c1-6-24-14-8-7-13(9-15(14)23-5)10-19(3)12-17(22)20(4)11-16(21)18-2/h7-9H,6,10-12H2,1-5H3,(H,18,21)/p+1. The van der Waals surface area contributed by atoms with Gasteiger partial charge in [-0.1, -0.05) is 0 Å². The average molecular weight is 338 g/mol. The normalized spacial score (nSPS) is 11.5. The van der Waals surface area contributed by atoms with Gasteiger partial charge in [0.05, 0.1) is 27.3 Å². The van der Waals surface area contributed by atoms with Gasteiger partial charge >= 0.3 is 0 Å². The highest BCUT2D eigenvalue weighted by Crippen LogP contribution is 2.27. The number of carbonyl (C=O) groups is 2. The lowest BCUT2D eigenvalue weighted by molar-refractivity contribution is -0.885. The Bertz CT molecular complexity index is 563. The first-order chi connectivity index (χ1) is 11.4. The SMILES string of the molecule is CCOc1ccc(C[NH+](C)CC(=O)N(C)CC(=O)NC)cc1OC. The summed E-state index contributed by atoms with van der Waals surface area (Å²) < 4.78 is 10.8. The van der Waals surface area contributed by atoms with E-state index in [0.29, 0.717) is 31.2 Å². The number of amides is 2. The van der Waals surface area contributed by atoms with E-state index in [1.54, 1.807) is 21.2 Å². The van der Waals surface area contributed by atoms with Gasteiger partial charge in [-0.15, -0.1) is 0 Å². The van der Waals surface area contributed by atoms with Crippen LogP contribution in [0.3, 0.4) is 0 Å². The van der Waals surface area contributed by atoms with Crippen molar-refractivity contribution in [1.29, 1.82) is 0 Å². The van der Waals surface area contributed by atoms with Crippen LogP contribution in [0.2, 0.25) is 0 Å². The number of nitrogens with zero attached hydrogens (tertiary/aromatic N) is 1. The number of nitrogens with one attached hydrogen (secondary N) is 2. The summed E-state index contributed by atoms with van der Waals surface area (Å²) in [4.78, 5) is 25.9. The minimum absolute atomic E-state index is 0.0689. The molecule has 1 atom stereocenters. The molecule has 0 aliphatic rings. The summed E-state index contributed by atoms with van der Waals surface area (Å²) in [5.74, 6) is 1.14. The maximum Gasteiger partial charge on any atom is 0.277 e. The maximum atomic E-state index is 12.1. The Morgan fingerprint density at radius 1 is 1.29 bits per heavy atom. The molecule has 7 nitrogen and oxygen atoms in total. The molecule has 134 valence electrons. The Morgan fingerprint density at radius 3 is 2.58 bits per heavy atom. The number of rotatable bonds is 9. The van der Waals surface area contributed by atoms with Gasteiger partial charge in [-0.25, -0.2) is 0 Å². The molecule has 7 heteroatoms. The molecule has 0 fully saturated rings. The minimum Gasteiger partial charge on any atom is -0.493 e. The second-order valence-electron chi connectivity index (χ2n) is 5.65. The molecule has 1 aromatic rings. The summed E-state index contributed by atoms with van der Waals surface area (Å²) in [6, 6.07) is 5.77. The summed E-state index contributed by atoms with van der Waals surface area (Å²) in [6.45, 7) is 3.55. The molecule has 1 unspecified atom stereocenters. The predicted octanol–water partition coefficient (Wildman–Crippen LogP) is -0.687. The van der Waals surface area contributed by atoms with Gasteiger partial charge in [-0.2, -0.15) is 0 Å². The van der Waals surface area contributed by atoms with Crippen molar-refractivity contribution < 1.29 is 24.0 Å². The van der Waals surface area contributed by atoms with Crippen LogP contribution in [0, 0.1) is 0 Å². The predicted molar refractivity (Wildman–Crippen MR) is 91.3 cm³/mol. The Morgan fingerprint density at radius 2 is 2.00 bits per heavy atom. The van der Waals surface area contributed by atoms with Crippen LogP contribution >= 0.6 is 0 Å². The average Bonchev–Trinajstić information content (AvgIpc) is 2.55. The summed E-state index contributed by atoms with van der Waals surface area (Å²) in [5.41, 5.74) is 1.05. The first-order valence-electron chi connectivity index (χ1n) is 7.96. The van der Waals surface area contributed by atoms with Crippen LogP contribution in [0.5, 0.6) is 11.5 Å². The van der Waals surface area contributed by atoms with Crippen molar-refractivity contribution in [3.63, 3.8) is 0 Å².